The second-order valence-electron chi connectivity index (χ2n) is 5.35. The van der Waals surface area contributed by atoms with Gasteiger partial charge in [0.05, 0.1) is 6.54 Å². The molecule has 0 heterocycles. The number of rotatable bonds is 4. The molecule has 3 heteroatoms. The lowest BCUT2D eigenvalue weighted by molar-refractivity contribution is 0.289. The van der Waals surface area contributed by atoms with Crippen LogP contribution >= 0.6 is 11.6 Å². The van der Waals surface area contributed by atoms with E-state index in [0.29, 0.717) is 17.7 Å². The van der Waals surface area contributed by atoms with E-state index in [2.05, 4.69) is 24.1 Å². The van der Waals surface area contributed by atoms with Crippen molar-refractivity contribution in [3.05, 3.63) is 29.3 Å². The van der Waals surface area contributed by atoms with Crippen molar-refractivity contribution in [1.82, 2.24) is 5.32 Å². The third-order valence-corrected chi connectivity index (χ3v) is 4.07. The summed E-state index contributed by atoms with van der Waals surface area (Å²) < 4.78 is 5.51. The lowest BCUT2D eigenvalue weighted by atomic mass is 9.86. The first-order valence-electron chi connectivity index (χ1n) is 7.33. The number of hydrogen-bond acceptors (Lipinski definition) is 2. The Kier molecular flexibility index (Phi) is 6.24. The molecule has 2 rings (SSSR count). The van der Waals surface area contributed by atoms with Crippen molar-refractivity contribution in [1.29, 1.82) is 0 Å². The average Bonchev–Trinajstić information content (AvgIpc) is 2.46. The maximum atomic E-state index is 5.81. The molecule has 1 aromatic carbocycles. The molecule has 1 saturated carbocycles. The maximum absolute atomic E-state index is 5.81. The molecule has 1 fully saturated rings. The molecule has 0 bridgehead atoms. The molecule has 1 N–H and O–H groups in total. The largest absolute Gasteiger partial charge is 0.481 e. The lowest BCUT2D eigenvalue weighted by Gasteiger charge is -2.28. The lowest BCUT2D eigenvalue weighted by Crippen LogP contribution is -2.37. The minimum absolute atomic E-state index is 0.420. The standard InChI is InChI=1S/C17H22ClNO/c1-14-6-2-3-7-17(14)19-12-4-5-13-20-16-10-8-15(18)9-11-16/h8-11,14,17,19H,2-3,6-7,12-13H2,1H3/t14-,17-/m1/s1. The summed E-state index contributed by atoms with van der Waals surface area (Å²) in [5.41, 5.74) is 0. The zero-order valence-electron chi connectivity index (χ0n) is 12.0. The molecule has 1 aliphatic rings. The van der Waals surface area contributed by atoms with Crippen LogP contribution in [0.4, 0.5) is 0 Å². The van der Waals surface area contributed by atoms with E-state index in [4.69, 9.17) is 16.3 Å². The summed E-state index contributed by atoms with van der Waals surface area (Å²) in [6, 6.07) is 7.97. The van der Waals surface area contributed by atoms with E-state index in [1.165, 1.54) is 25.7 Å². The van der Waals surface area contributed by atoms with Gasteiger partial charge in [-0.05, 0) is 43.0 Å². The monoisotopic (exact) mass is 291 g/mol. The van der Waals surface area contributed by atoms with Crippen molar-refractivity contribution in [2.45, 2.75) is 38.6 Å². The molecule has 20 heavy (non-hydrogen) atoms. The van der Waals surface area contributed by atoms with Crippen molar-refractivity contribution in [2.75, 3.05) is 13.2 Å². The maximum Gasteiger partial charge on any atom is 0.149 e. The van der Waals surface area contributed by atoms with Gasteiger partial charge in [0, 0.05) is 11.1 Å². The molecule has 2 nitrogen and oxygen atoms in total. The van der Waals surface area contributed by atoms with Gasteiger partial charge in [0.1, 0.15) is 12.4 Å². The second-order valence-corrected chi connectivity index (χ2v) is 5.78. The Hall–Kier alpha value is -1.17. The van der Waals surface area contributed by atoms with Gasteiger partial charge in [-0.25, -0.2) is 0 Å². The summed E-state index contributed by atoms with van der Waals surface area (Å²) in [5.74, 6) is 7.74. The topological polar surface area (TPSA) is 21.3 Å². The fourth-order valence-corrected chi connectivity index (χ4v) is 2.69. The van der Waals surface area contributed by atoms with Crippen molar-refractivity contribution in [3.8, 4) is 17.6 Å². The summed E-state index contributed by atoms with van der Waals surface area (Å²) in [4.78, 5) is 0. The zero-order valence-corrected chi connectivity index (χ0v) is 12.7. The van der Waals surface area contributed by atoms with Crippen LogP contribution in [0.25, 0.3) is 0 Å². The Morgan fingerprint density at radius 3 is 2.70 bits per heavy atom. The van der Waals surface area contributed by atoms with Crippen LogP contribution in [0.2, 0.25) is 5.02 Å². The van der Waals surface area contributed by atoms with Crippen LogP contribution in [-0.2, 0) is 0 Å². The number of benzene rings is 1. The van der Waals surface area contributed by atoms with Gasteiger partial charge in [-0.15, -0.1) is 0 Å². The molecule has 0 aromatic heterocycles. The molecule has 0 spiro atoms. The number of hydrogen-bond donors (Lipinski definition) is 1. The highest BCUT2D eigenvalue weighted by molar-refractivity contribution is 6.30. The van der Waals surface area contributed by atoms with Gasteiger partial charge in [0.2, 0.25) is 0 Å². The van der Waals surface area contributed by atoms with Crippen LogP contribution in [0.15, 0.2) is 24.3 Å². The predicted molar refractivity (Wildman–Crippen MR) is 84.1 cm³/mol. The Morgan fingerprint density at radius 1 is 1.20 bits per heavy atom. The molecular weight excluding hydrogens is 270 g/mol. The molecular formula is C17H22ClNO. The van der Waals surface area contributed by atoms with E-state index in [9.17, 15) is 0 Å². The number of halogens is 1. The summed E-state index contributed by atoms with van der Waals surface area (Å²) in [7, 11) is 0. The quantitative estimate of drug-likeness (QED) is 0.850. The molecule has 0 unspecified atom stereocenters. The minimum atomic E-state index is 0.420. The number of nitrogens with one attached hydrogen (secondary N) is 1. The smallest absolute Gasteiger partial charge is 0.149 e. The van der Waals surface area contributed by atoms with Gasteiger partial charge in [0.15, 0.2) is 0 Å². The van der Waals surface area contributed by atoms with Gasteiger partial charge in [-0.1, -0.05) is 43.2 Å². The molecule has 108 valence electrons. The summed E-state index contributed by atoms with van der Waals surface area (Å²) >= 11 is 5.81. The fraction of sp³-hybridized carbons (Fsp3) is 0.529. The Balaban J connectivity index is 1.63. The van der Waals surface area contributed by atoms with E-state index >= 15 is 0 Å². The van der Waals surface area contributed by atoms with Crippen molar-refractivity contribution in [3.63, 3.8) is 0 Å². The minimum Gasteiger partial charge on any atom is -0.481 e. The van der Waals surface area contributed by atoms with E-state index in [1.54, 1.807) is 0 Å². The predicted octanol–water partition coefficient (Wildman–Crippen LogP) is 3.89. The van der Waals surface area contributed by atoms with E-state index in [-0.39, 0.29) is 0 Å². The number of ether oxygens (including phenoxy) is 1. The van der Waals surface area contributed by atoms with Gasteiger partial charge in [-0.2, -0.15) is 0 Å². The zero-order chi connectivity index (χ0) is 14.2. The van der Waals surface area contributed by atoms with Crippen LogP contribution in [0, 0.1) is 17.8 Å². The Labute approximate surface area is 126 Å². The van der Waals surface area contributed by atoms with Gasteiger partial charge < -0.3 is 10.1 Å². The molecule has 1 aromatic rings. The first-order chi connectivity index (χ1) is 9.75. The van der Waals surface area contributed by atoms with Gasteiger partial charge in [0.25, 0.3) is 0 Å². The van der Waals surface area contributed by atoms with Crippen LogP contribution in [0.5, 0.6) is 5.75 Å². The molecule has 0 amide bonds. The highest BCUT2D eigenvalue weighted by atomic mass is 35.5. The van der Waals surface area contributed by atoms with Crippen LogP contribution in [0.1, 0.15) is 32.6 Å². The first-order valence-corrected chi connectivity index (χ1v) is 7.71. The van der Waals surface area contributed by atoms with Crippen LogP contribution in [-0.4, -0.2) is 19.2 Å². The van der Waals surface area contributed by atoms with Crippen LogP contribution < -0.4 is 10.1 Å². The van der Waals surface area contributed by atoms with Crippen molar-refractivity contribution >= 4 is 11.6 Å². The fourth-order valence-electron chi connectivity index (χ4n) is 2.57. The Morgan fingerprint density at radius 2 is 1.95 bits per heavy atom. The molecule has 0 radical (unpaired) electrons. The van der Waals surface area contributed by atoms with Crippen molar-refractivity contribution in [2.24, 2.45) is 5.92 Å². The Bertz CT molecular complexity index is 460. The van der Waals surface area contributed by atoms with Gasteiger partial charge >= 0.3 is 0 Å². The highest BCUT2D eigenvalue weighted by Gasteiger charge is 2.19. The van der Waals surface area contributed by atoms with Crippen LogP contribution in [0.3, 0.4) is 0 Å². The normalized spacial score (nSPS) is 21.9. The second kappa shape index (κ2) is 8.19. The average molecular weight is 292 g/mol. The highest BCUT2D eigenvalue weighted by Crippen LogP contribution is 2.23. The third-order valence-electron chi connectivity index (χ3n) is 3.81. The molecule has 0 aliphatic heterocycles. The molecule has 0 saturated heterocycles. The molecule has 2 atom stereocenters. The summed E-state index contributed by atoms with van der Waals surface area (Å²) in [6.45, 7) is 3.50. The molecule has 1 aliphatic carbocycles. The van der Waals surface area contributed by atoms with E-state index in [1.807, 2.05) is 24.3 Å². The summed E-state index contributed by atoms with van der Waals surface area (Å²) in [6.07, 6.45) is 5.34. The summed E-state index contributed by atoms with van der Waals surface area (Å²) in [5, 5.41) is 4.25. The van der Waals surface area contributed by atoms with Crippen molar-refractivity contribution < 1.29 is 4.74 Å². The SMILES string of the molecule is C[C@@H]1CCCC[C@H]1NCC#CCOc1ccc(Cl)cc1. The van der Waals surface area contributed by atoms with E-state index in [0.717, 1.165) is 18.2 Å². The van der Waals surface area contributed by atoms with E-state index < -0.39 is 0 Å². The third kappa shape index (κ3) is 5.07. The van der Waals surface area contributed by atoms with Gasteiger partial charge in [-0.3, -0.25) is 0 Å². The first kappa shape index (κ1) is 15.2.